The standard InChI is InChI=1S/C18H26N4OS/c1-18(2,3)21-16-15-12-5-4-6-13(12)24-17(15)20-14(19-16)11-22-7-9-23-10-8-22/h4-11H2,1-3H3,(H,19,20,21)/p+1. The van der Waals surface area contributed by atoms with Gasteiger partial charge in [0.15, 0.2) is 5.82 Å². The summed E-state index contributed by atoms with van der Waals surface area (Å²) in [6.07, 6.45) is 3.65. The SMILES string of the molecule is CC(C)(C)Nc1nc(C[NH+]2CCOCC2)nc2sc3c(c12)CCC3. The normalized spacial score (nSPS) is 19.0. The summed E-state index contributed by atoms with van der Waals surface area (Å²) in [5.41, 5.74) is 1.49. The topological polar surface area (TPSA) is 51.5 Å². The molecule has 1 saturated heterocycles. The minimum Gasteiger partial charge on any atom is -0.370 e. The maximum Gasteiger partial charge on any atom is 0.187 e. The number of fused-ring (bicyclic) bond motifs is 3. The predicted molar refractivity (Wildman–Crippen MR) is 98.0 cm³/mol. The summed E-state index contributed by atoms with van der Waals surface area (Å²) in [5.74, 6) is 2.00. The summed E-state index contributed by atoms with van der Waals surface area (Å²) < 4.78 is 5.47. The van der Waals surface area contributed by atoms with Crippen molar-refractivity contribution in [1.29, 1.82) is 0 Å². The Morgan fingerprint density at radius 1 is 1.17 bits per heavy atom. The van der Waals surface area contributed by atoms with Crippen LogP contribution in [0.15, 0.2) is 0 Å². The van der Waals surface area contributed by atoms with Gasteiger partial charge in [-0.15, -0.1) is 11.3 Å². The number of morpholine rings is 1. The Balaban J connectivity index is 1.73. The number of nitrogens with zero attached hydrogens (tertiary/aromatic N) is 2. The lowest BCUT2D eigenvalue weighted by Crippen LogP contribution is -3.12. The van der Waals surface area contributed by atoms with Gasteiger partial charge >= 0.3 is 0 Å². The van der Waals surface area contributed by atoms with Crippen molar-refractivity contribution in [2.45, 2.75) is 52.1 Å². The van der Waals surface area contributed by atoms with Crippen LogP contribution in [-0.2, 0) is 24.1 Å². The van der Waals surface area contributed by atoms with E-state index in [2.05, 4.69) is 26.1 Å². The molecule has 0 unspecified atom stereocenters. The lowest BCUT2D eigenvalue weighted by Gasteiger charge is -2.24. The van der Waals surface area contributed by atoms with Gasteiger partial charge in [0.1, 0.15) is 30.3 Å². The van der Waals surface area contributed by atoms with Gasteiger partial charge in [-0.05, 0) is 45.6 Å². The second-order valence-electron chi connectivity index (χ2n) is 7.94. The molecule has 2 aliphatic rings. The van der Waals surface area contributed by atoms with Crippen LogP contribution in [0.3, 0.4) is 0 Å². The average Bonchev–Trinajstić information content (AvgIpc) is 3.06. The van der Waals surface area contributed by atoms with Gasteiger partial charge in [0.2, 0.25) is 0 Å². The van der Waals surface area contributed by atoms with Crippen LogP contribution < -0.4 is 10.2 Å². The molecule has 0 atom stereocenters. The minimum absolute atomic E-state index is 0.00218. The summed E-state index contributed by atoms with van der Waals surface area (Å²) in [4.78, 5) is 14.1. The largest absolute Gasteiger partial charge is 0.370 e. The summed E-state index contributed by atoms with van der Waals surface area (Å²) in [7, 11) is 0. The van der Waals surface area contributed by atoms with Crippen molar-refractivity contribution >= 4 is 27.4 Å². The third-order valence-electron chi connectivity index (χ3n) is 4.71. The molecule has 6 heteroatoms. The average molecular weight is 348 g/mol. The number of hydrogen-bond acceptors (Lipinski definition) is 5. The molecular weight excluding hydrogens is 320 g/mol. The Morgan fingerprint density at radius 2 is 1.96 bits per heavy atom. The van der Waals surface area contributed by atoms with Gasteiger partial charge in [0, 0.05) is 10.4 Å². The van der Waals surface area contributed by atoms with Gasteiger partial charge < -0.3 is 15.0 Å². The molecule has 3 heterocycles. The van der Waals surface area contributed by atoms with Crippen LogP contribution in [0.25, 0.3) is 10.2 Å². The fraction of sp³-hybridized carbons (Fsp3) is 0.667. The highest BCUT2D eigenvalue weighted by atomic mass is 32.1. The van der Waals surface area contributed by atoms with Crippen LogP contribution in [-0.4, -0.2) is 41.8 Å². The molecule has 2 aromatic heterocycles. The smallest absolute Gasteiger partial charge is 0.187 e. The molecule has 24 heavy (non-hydrogen) atoms. The molecule has 0 saturated carbocycles. The van der Waals surface area contributed by atoms with Crippen LogP contribution >= 0.6 is 11.3 Å². The molecule has 0 aromatic carbocycles. The van der Waals surface area contributed by atoms with Crippen molar-refractivity contribution in [2.24, 2.45) is 0 Å². The molecule has 5 nitrogen and oxygen atoms in total. The van der Waals surface area contributed by atoms with E-state index in [-0.39, 0.29) is 5.54 Å². The van der Waals surface area contributed by atoms with E-state index < -0.39 is 0 Å². The van der Waals surface area contributed by atoms with Gasteiger partial charge in [-0.1, -0.05) is 0 Å². The highest BCUT2D eigenvalue weighted by Crippen LogP contribution is 2.40. The molecular formula is C18H27N4OS+. The molecule has 0 amide bonds. The molecule has 0 bridgehead atoms. The Hall–Kier alpha value is -1.24. The molecule has 2 N–H and O–H groups in total. The van der Waals surface area contributed by atoms with Crippen LogP contribution in [0.4, 0.5) is 5.82 Å². The maximum atomic E-state index is 5.47. The lowest BCUT2D eigenvalue weighted by molar-refractivity contribution is -0.922. The van der Waals surface area contributed by atoms with Crippen molar-refractivity contribution in [3.8, 4) is 0 Å². The molecule has 0 spiro atoms. The number of thiophene rings is 1. The first-order valence-corrected chi connectivity index (χ1v) is 9.82. The van der Waals surface area contributed by atoms with E-state index in [4.69, 9.17) is 14.7 Å². The summed E-state index contributed by atoms with van der Waals surface area (Å²) in [6.45, 7) is 11.3. The van der Waals surface area contributed by atoms with Gasteiger partial charge in [-0.25, -0.2) is 9.97 Å². The number of ether oxygens (including phenoxy) is 1. The quantitative estimate of drug-likeness (QED) is 0.889. The lowest BCUT2D eigenvalue weighted by atomic mass is 10.1. The van der Waals surface area contributed by atoms with Crippen LogP contribution in [0.5, 0.6) is 0 Å². The number of quaternary nitrogens is 1. The first kappa shape index (κ1) is 16.2. The second-order valence-corrected chi connectivity index (χ2v) is 9.02. The Bertz CT molecular complexity index is 744. The number of anilines is 1. The van der Waals surface area contributed by atoms with E-state index in [1.54, 1.807) is 0 Å². The number of nitrogens with one attached hydrogen (secondary N) is 2. The highest BCUT2D eigenvalue weighted by Gasteiger charge is 2.25. The molecule has 0 radical (unpaired) electrons. The van der Waals surface area contributed by atoms with E-state index in [0.717, 1.165) is 44.5 Å². The zero-order valence-electron chi connectivity index (χ0n) is 14.9. The van der Waals surface area contributed by atoms with Gasteiger partial charge in [-0.2, -0.15) is 0 Å². The van der Waals surface area contributed by atoms with E-state index in [1.165, 1.54) is 44.8 Å². The molecule has 1 aliphatic carbocycles. The number of aromatic nitrogens is 2. The van der Waals surface area contributed by atoms with Crippen molar-refractivity contribution < 1.29 is 9.64 Å². The third kappa shape index (κ3) is 3.27. The summed E-state index contributed by atoms with van der Waals surface area (Å²) in [5, 5.41) is 4.92. The van der Waals surface area contributed by atoms with E-state index in [1.807, 2.05) is 11.3 Å². The van der Waals surface area contributed by atoms with Crippen LogP contribution in [0.1, 0.15) is 43.5 Å². The first-order chi connectivity index (χ1) is 11.5. The molecule has 1 fully saturated rings. The molecule has 1 aliphatic heterocycles. The third-order valence-corrected chi connectivity index (χ3v) is 5.90. The Morgan fingerprint density at radius 3 is 2.71 bits per heavy atom. The highest BCUT2D eigenvalue weighted by molar-refractivity contribution is 7.19. The van der Waals surface area contributed by atoms with E-state index >= 15 is 0 Å². The summed E-state index contributed by atoms with van der Waals surface area (Å²) in [6, 6.07) is 0. The predicted octanol–water partition coefficient (Wildman–Crippen LogP) is 1.81. The number of aryl methyl sites for hydroxylation is 2. The first-order valence-electron chi connectivity index (χ1n) is 9.00. The van der Waals surface area contributed by atoms with Crippen molar-refractivity contribution in [1.82, 2.24) is 9.97 Å². The number of rotatable bonds is 3. The van der Waals surface area contributed by atoms with Gasteiger partial charge in [-0.3, -0.25) is 0 Å². The van der Waals surface area contributed by atoms with Crippen molar-refractivity contribution in [2.75, 3.05) is 31.6 Å². The van der Waals surface area contributed by atoms with Crippen LogP contribution in [0, 0.1) is 0 Å². The van der Waals surface area contributed by atoms with E-state index in [0.29, 0.717) is 0 Å². The fourth-order valence-electron chi connectivity index (χ4n) is 3.63. The van der Waals surface area contributed by atoms with Crippen LogP contribution in [0.2, 0.25) is 0 Å². The Labute approximate surface area is 147 Å². The Kier molecular flexibility index (Phi) is 4.22. The zero-order chi connectivity index (χ0) is 16.7. The molecule has 2 aromatic rings. The number of hydrogen-bond donors (Lipinski definition) is 2. The minimum atomic E-state index is -0.00218. The van der Waals surface area contributed by atoms with E-state index in [9.17, 15) is 0 Å². The van der Waals surface area contributed by atoms with Gasteiger partial charge in [0.25, 0.3) is 0 Å². The second kappa shape index (κ2) is 6.24. The van der Waals surface area contributed by atoms with Crippen molar-refractivity contribution in [3.63, 3.8) is 0 Å². The van der Waals surface area contributed by atoms with Gasteiger partial charge in [0.05, 0.1) is 18.6 Å². The zero-order valence-corrected chi connectivity index (χ0v) is 15.7. The summed E-state index contributed by atoms with van der Waals surface area (Å²) >= 11 is 1.88. The fourth-order valence-corrected chi connectivity index (χ4v) is 4.91. The molecule has 130 valence electrons. The monoisotopic (exact) mass is 347 g/mol. The molecule has 4 rings (SSSR count). The van der Waals surface area contributed by atoms with Crippen molar-refractivity contribution in [3.05, 3.63) is 16.3 Å². The maximum absolute atomic E-state index is 5.47.